The second-order valence-corrected chi connectivity index (χ2v) is 5.17. The first-order chi connectivity index (χ1) is 9.66. The van der Waals surface area contributed by atoms with Gasteiger partial charge in [-0.1, -0.05) is 12.1 Å². The first-order valence-electron chi connectivity index (χ1n) is 6.99. The van der Waals surface area contributed by atoms with Gasteiger partial charge in [0.2, 0.25) is 5.91 Å². The minimum atomic E-state index is -0.382. The third-order valence-electron chi connectivity index (χ3n) is 3.35. The van der Waals surface area contributed by atoms with Gasteiger partial charge in [-0.05, 0) is 37.4 Å². The summed E-state index contributed by atoms with van der Waals surface area (Å²) in [5.41, 5.74) is 0. The van der Waals surface area contributed by atoms with Gasteiger partial charge in [-0.2, -0.15) is 0 Å². The van der Waals surface area contributed by atoms with Crippen LogP contribution in [0.1, 0.15) is 12.8 Å². The second-order valence-electron chi connectivity index (χ2n) is 5.17. The summed E-state index contributed by atoms with van der Waals surface area (Å²) < 4.78 is 18.6. The molecule has 0 atom stereocenters. The van der Waals surface area contributed by atoms with Crippen LogP contribution in [0.3, 0.4) is 0 Å². The Kier molecular flexibility index (Phi) is 5.35. The molecular formula is C15H21FN2O2. The molecule has 0 unspecified atom stereocenters. The lowest BCUT2D eigenvalue weighted by Gasteiger charge is -2.18. The van der Waals surface area contributed by atoms with E-state index in [1.807, 2.05) is 0 Å². The van der Waals surface area contributed by atoms with Crippen molar-refractivity contribution < 1.29 is 13.9 Å². The molecule has 0 bridgehead atoms. The van der Waals surface area contributed by atoms with Crippen molar-refractivity contribution in [3.63, 3.8) is 0 Å². The highest BCUT2D eigenvalue weighted by molar-refractivity contribution is 5.77. The normalized spacial score (nSPS) is 14.1. The Balaban J connectivity index is 1.62. The summed E-state index contributed by atoms with van der Waals surface area (Å²) in [7, 11) is 1.73. The highest BCUT2D eigenvalue weighted by Crippen LogP contribution is 2.27. The van der Waals surface area contributed by atoms with Crippen molar-refractivity contribution in [2.24, 2.45) is 5.92 Å². The molecule has 1 aromatic rings. The molecule has 0 spiro atoms. The Hall–Kier alpha value is -1.62. The molecule has 0 radical (unpaired) electrons. The van der Waals surface area contributed by atoms with E-state index in [1.165, 1.54) is 18.9 Å². The molecule has 0 aromatic heterocycles. The molecule has 2 rings (SSSR count). The van der Waals surface area contributed by atoms with Gasteiger partial charge in [-0.15, -0.1) is 0 Å². The number of nitrogens with zero attached hydrogens (tertiary/aromatic N) is 1. The Bertz CT molecular complexity index is 449. The fraction of sp³-hybridized carbons (Fsp3) is 0.533. The maximum Gasteiger partial charge on any atom is 0.236 e. The zero-order valence-electron chi connectivity index (χ0n) is 11.8. The van der Waals surface area contributed by atoms with Gasteiger partial charge in [-0.3, -0.25) is 4.79 Å². The monoisotopic (exact) mass is 280 g/mol. The predicted octanol–water partition coefficient (Wildman–Crippen LogP) is 1.66. The summed E-state index contributed by atoms with van der Waals surface area (Å²) in [4.78, 5) is 13.4. The number of hydrogen-bond acceptors (Lipinski definition) is 3. The predicted molar refractivity (Wildman–Crippen MR) is 75.1 cm³/mol. The quantitative estimate of drug-likeness (QED) is 0.787. The van der Waals surface area contributed by atoms with Gasteiger partial charge in [0.25, 0.3) is 0 Å². The van der Waals surface area contributed by atoms with Crippen molar-refractivity contribution in [3.05, 3.63) is 30.1 Å². The lowest BCUT2D eigenvalue weighted by molar-refractivity contribution is -0.129. The number of rotatable bonds is 8. The van der Waals surface area contributed by atoms with E-state index in [0.717, 1.165) is 12.5 Å². The Morgan fingerprint density at radius 2 is 2.20 bits per heavy atom. The fourth-order valence-corrected chi connectivity index (χ4v) is 1.82. The van der Waals surface area contributed by atoms with E-state index in [-0.39, 0.29) is 24.1 Å². The highest BCUT2D eigenvalue weighted by atomic mass is 19.1. The number of benzene rings is 1. The van der Waals surface area contributed by atoms with E-state index in [4.69, 9.17) is 4.74 Å². The molecule has 1 aliphatic rings. The number of amides is 1. The van der Waals surface area contributed by atoms with Crippen LogP contribution in [-0.4, -0.2) is 44.1 Å². The minimum Gasteiger partial charge on any atom is -0.489 e. The summed E-state index contributed by atoms with van der Waals surface area (Å²) in [5.74, 6) is 0.632. The zero-order valence-corrected chi connectivity index (χ0v) is 11.8. The molecule has 20 heavy (non-hydrogen) atoms. The van der Waals surface area contributed by atoms with Crippen LogP contribution < -0.4 is 10.1 Å². The van der Waals surface area contributed by atoms with Gasteiger partial charge in [0, 0.05) is 7.05 Å². The smallest absolute Gasteiger partial charge is 0.236 e. The Labute approximate surface area is 118 Å². The number of nitrogens with one attached hydrogen (secondary N) is 1. The van der Waals surface area contributed by atoms with E-state index in [0.29, 0.717) is 13.1 Å². The highest BCUT2D eigenvalue weighted by Gasteiger charge is 2.20. The van der Waals surface area contributed by atoms with E-state index in [9.17, 15) is 9.18 Å². The van der Waals surface area contributed by atoms with Crippen LogP contribution in [0.5, 0.6) is 5.75 Å². The third kappa shape index (κ3) is 4.81. The molecule has 1 N–H and O–H groups in total. The number of carbonyl (C=O) groups is 1. The lowest BCUT2D eigenvalue weighted by atomic mass is 10.3. The molecule has 1 fully saturated rings. The number of likely N-dealkylation sites (N-methyl/N-ethyl adjacent to an activating group) is 1. The topological polar surface area (TPSA) is 41.6 Å². The zero-order chi connectivity index (χ0) is 14.4. The van der Waals surface area contributed by atoms with Gasteiger partial charge in [-0.25, -0.2) is 4.39 Å². The first kappa shape index (κ1) is 14.8. The molecule has 1 saturated carbocycles. The van der Waals surface area contributed by atoms with Crippen LogP contribution >= 0.6 is 0 Å². The van der Waals surface area contributed by atoms with Gasteiger partial charge in [0.1, 0.15) is 6.61 Å². The number of carbonyl (C=O) groups excluding carboxylic acids is 1. The van der Waals surface area contributed by atoms with Gasteiger partial charge in [0.05, 0.1) is 13.1 Å². The van der Waals surface area contributed by atoms with Crippen LogP contribution in [0, 0.1) is 11.7 Å². The number of para-hydroxylation sites is 1. The molecule has 1 aromatic carbocycles. The third-order valence-corrected chi connectivity index (χ3v) is 3.35. The average molecular weight is 280 g/mol. The van der Waals surface area contributed by atoms with Crippen molar-refractivity contribution in [2.45, 2.75) is 12.8 Å². The summed E-state index contributed by atoms with van der Waals surface area (Å²) in [6.07, 6.45) is 2.54. The fourth-order valence-electron chi connectivity index (χ4n) is 1.82. The van der Waals surface area contributed by atoms with Gasteiger partial charge in [0.15, 0.2) is 11.6 Å². The van der Waals surface area contributed by atoms with Crippen molar-refractivity contribution >= 4 is 5.91 Å². The lowest BCUT2D eigenvalue weighted by Crippen LogP contribution is -2.38. The number of hydrogen-bond donors (Lipinski definition) is 1. The van der Waals surface area contributed by atoms with Crippen LogP contribution in [0.2, 0.25) is 0 Å². The molecule has 1 aliphatic carbocycles. The molecular weight excluding hydrogens is 259 g/mol. The number of ether oxygens (including phenoxy) is 1. The molecule has 0 saturated heterocycles. The van der Waals surface area contributed by atoms with E-state index in [1.54, 1.807) is 30.1 Å². The number of halogens is 1. The first-order valence-corrected chi connectivity index (χ1v) is 6.99. The molecule has 1 amide bonds. The van der Waals surface area contributed by atoms with Crippen LogP contribution in [0.25, 0.3) is 0 Å². The summed E-state index contributed by atoms with van der Waals surface area (Å²) in [6, 6.07) is 6.26. The van der Waals surface area contributed by atoms with Crippen molar-refractivity contribution in [3.8, 4) is 5.75 Å². The largest absolute Gasteiger partial charge is 0.489 e. The summed E-state index contributed by atoms with van der Waals surface area (Å²) in [6.45, 7) is 2.00. The minimum absolute atomic E-state index is 0.0304. The van der Waals surface area contributed by atoms with Crippen molar-refractivity contribution in [2.75, 3.05) is 33.3 Å². The standard InChI is InChI=1S/C15H21FN2O2/c1-18(15(19)11-17-10-12-6-7-12)8-9-20-14-5-3-2-4-13(14)16/h2-5,12,17H,6-11H2,1H3. The molecule has 4 nitrogen and oxygen atoms in total. The Morgan fingerprint density at radius 1 is 1.45 bits per heavy atom. The van der Waals surface area contributed by atoms with Gasteiger partial charge < -0.3 is 15.0 Å². The molecule has 5 heteroatoms. The SMILES string of the molecule is CN(CCOc1ccccc1F)C(=O)CNCC1CC1. The average Bonchev–Trinajstić information content (AvgIpc) is 3.25. The summed E-state index contributed by atoms with van der Waals surface area (Å²) in [5, 5.41) is 3.15. The molecule has 0 heterocycles. The Morgan fingerprint density at radius 3 is 2.90 bits per heavy atom. The maximum atomic E-state index is 13.3. The van der Waals surface area contributed by atoms with E-state index < -0.39 is 0 Å². The van der Waals surface area contributed by atoms with E-state index in [2.05, 4.69) is 5.32 Å². The summed E-state index contributed by atoms with van der Waals surface area (Å²) >= 11 is 0. The van der Waals surface area contributed by atoms with Gasteiger partial charge >= 0.3 is 0 Å². The maximum absolute atomic E-state index is 13.3. The van der Waals surface area contributed by atoms with Crippen molar-refractivity contribution in [1.82, 2.24) is 10.2 Å². The van der Waals surface area contributed by atoms with Crippen LogP contribution in [-0.2, 0) is 4.79 Å². The molecule has 0 aliphatic heterocycles. The van der Waals surface area contributed by atoms with Crippen LogP contribution in [0.15, 0.2) is 24.3 Å². The van der Waals surface area contributed by atoms with Crippen molar-refractivity contribution in [1.29, 1.82) is 0 Å². The van der Waals surface area contributed by atoms with E-state index >= 15 is 0 Å². The molecule has 110 valence electrons. The second kappa shape index (κ2) is 7.24. The van der Waals surface area contributed by atoms with Crippen LogP contribution in [0.4, 0.5) is 4.39 Å².